The zero-order valence-electron chi connectivity index (χ0n) is 4.94. The van der Waals surface area contributed by atoms with Gasteiger partial charge in [-0.25, -0.2) is 0 Å². The van der Waals surface area contributed by atoms with Crippen molar-refractivity contribution in [2.24, 2.45) is 0 Å². The van der Waals surface area contributed by atoms with E-state index in [-0.39, 0.29) is 6.10 Å². The largest absolute Gasteiger partial charge is 0.394 e. The van der Waals surface area contributed by atoms with Gasteiger partial charge in [-0.1, -0.05) is 0 Å². The highest BCUT2D eigenvalue weighted by Crippen LogP contribution is 1.65. The third kappa shape index (κ3) is 107. The van der Waals surface area contributed by atoms with E-state index in [0.29, 0.717) is 0 Å². The summed E-state index contributed by atoms with van der Waals surface area (Å²) in [7, 11) is 0. The van der Waals surface area contributed by atoms with E-state index in [9.17, 15) is 0 Å². The average molecular weight is 103 g/mol. The lowest BCUT2D eigenvalue weighted by Crippen LogP contribution is -1.85. The van der Waals surface area contributed by atoms with Crippen LogP contribution in [0, 0.1) is 0 Å². The van der Waals surface area contributed by atoms with Crippen molar-refractivity contribution in [2.75, 3.05) is 13.1 Å². The summed E-state index contributed by atoms with van der Waals surface area (Å²) < 4.78 is 0. The van der Waals surface area contributed by atoms with Gasteiger partial charge in [0, 0.05) is 19.2 Å². The van der Waals surface area contributed by atoms with Gasteiger partial charge >= 0.3 is 0 Å². The SMILES string of the molecule is C1CN1.CC(C)O. The fourth-order valence-electron chi connectivity index (χ4n) is 0. The molecule has 1 aliphatic heterocycles. The van der Waals surface area contributed by atoms with Gasteiger partial charge in [0.1, 0.15) is 0 Å². The first-order valence-corrected chi connectivity index (χ1v) is 2.62. The van der Waals surface area contributed by atoms with E-state index >= 15 is 0 Å². The predicted molar refractivity (Wildman–Crippen MR) is 30.2 cm³/mol. The summed E-state index contributed by atoms with van der Waals surface area (Å²) in [5.74, 6) is 0. The van der Waals surface area contributed by atoms with Gasteiger partial charge < -0.3 is 10.4 Å². The summed E-state index contributed by atoms with van der Waals surface area (Å²) in [6.45, 7) is 5.94. The van der Waals surface area contributed by atoms with Crippen molar-refractivity contribution in [1.29, 1.82) is 0 Å². The number of aliphatic hydroxyl groups is 1. The molecule has 0 aliphatic carbocycles. The van der Waals surface area contributed by atoms with E-state index in [1.807, 2.05) is 0 Å². The highest BCUT2D eigenvalue weighted by Gasteiger charge is 1.91. The molecule has 0 aromatic rings. The zero-order valence-corrected chi connectivity index (χ0v) is 4.94. The lowest BCUT2D eigenvalue weighted by molar-refractivity contribution is 0.216. The lowest BCUT2D eigenvalue weighted by atomic mass is 10.5. The molecule has 0 aromatic heterocycles. The summed E-state index contributed by atoms with van der Waals surface area (Å²) in [6.07, 6.45) is -0.167. The zero-order chi connectivity index (χ0) is 5.70. The second-order valence-electron chi connectivity index (χ2n) is 1.84. The first kappa shape index (κ1) is 6.92. The van der Waals surface area contributed by atoms with Crippen LogP contribution in [0.4, 0.5) is 0 Å². The maximum absolute atomic E-state index is 8.06. The molecule has 1 rings (SSSR count). The topological polar surface area (TPSA) is 42.2 Å². The van der Waals surface area contributed by atoms with Gasteiger partial charge in [0.25, 0.3) is 0 Å². The Morgan fingerprint density at radius 3 is 1.57 bits per heavy atom. The van der Waals surface area contributed by atoms with E-state index in [1.54, 1.807) is 13.8 Å². The normalized spacial score (nSPS) is 15.4. The Balaban J connectivity index is 0.000000105. The van der Waals surface area contributed by atoms with Gasteiger partial charge in [0.05, 0.1) is 0 Å². The maximum atomic E-state index is 8.06. The Morgan fingerprint density at radius 2 is 1.57 bits per heavy atom. The van der Waals surface area contributed by atoms with Gasteiger partial charge in [0.15, 0.2) is 0 Å². The molecular formula is C5H13NO. The second-order valence-corrected chi connectivity index (χ2v) is 1.84. The molecular weight excluding hydrogens is 90.1 g/mol. The van der Waals surface area contributed by atoms with Crippen LogP contribution in [0.1, 0.15) is 13.8 Å². The molecule has 7 heavy (non-hydrogen) atoms. The van der Waals surface area contributed by atoms with E-state index in [0.717, 1.165) is 0 Å². The van der Waals surface area contributed by atoms with Crippen LogP contribution in [0.3, 0.4) is 0 Å². The third-order valence-electron chi connectivity index (χ3n) is 0.250. The van der Waals surface area contributed by atoms with Gasteiger partial charge in [-0.05, 0) is 13.8 Å². The lowest BCUT2D eigenvalue weighted by Gasteiger charge is -1.80. The number of hydrogen-bond donors (Lipinski definition) is 2. The number of nitrogens with one attached hydrogen (secondary N) is 1. The van der Waals surface area contributed by atoms with Crippen molar-refractivity contribution >= 4 is 0 Å². The van der Waals surface area contributed by atoms with Crippen molar-refractivity contribution in [3.63, 3.8) is 0 Å². The van der Waals surface area contributed by atoms with Crippen molar-refractivity contribution in [3.05, 3.63) is 0 Å². The molecule has 0 amide bonds. The standard InChI is InChI=1S/C3H8O.C2H5N/c1-3(2)4;1-2-3-1/h3-4H,1-2H3;3H,1-2H2. The minimum atomic E-state index is -0.167. The van der Waals surface area contributed by atoms with Crippen LogP contribution in [0.2, 0.25) is 0 Å². The summed E-state index contributed by atoms with van der Waals surface area (Å²) in [6, 6.07) is 0. The molecule has 1 aliphatic rings. The first-order chi connectivity index (χ1) is 3.23. The average Bonchev–Trinajstić information content (AvgIpc) is 2.02. The molecule has 1 fully saturated rings. The monoisotopic (exact) mass is 103 g/mol. The second kappa shape index (κ2) is 4.09. The van der Waals surface area contributed by atoms with E-state index in [1.165, 1.54) is 13.1 Å². The molecule has 0 atom stereocenters. The van der Waals surface area contributed by atoms with Crippen LogP contribution in [0.15, 0.2) is 0 Å². The van der Waals surface area contributed by atoms with Crippen molar-refractivity contribution in [1.82, 2.24) is 5.32 Å². The molecule has 0 spiro atoms. The maximum Gasteiger partial charge on any atom is 0.0483 e. The molecule has 0 saturated carbocycles. The quantitative estimate of drug-likeness (QED) is 0.423. The summed E-state index contributed by atoms with van der Waals surface area (Å²) >= 11 is 0. The Morgan fingerprint density at radius 1 is 1.43 bits per heavy atom. The van der Waals surface area contributed by atoms with Gasteiger partial charge in [0.2, 0.25) is 0 Å². The summed E-state index contributed by atoms with van der Waals surface area (Å²) in [4.78, 5) is 0. The van der Waals surface area contributed by atoms with Crippen LogP contribution < -0.4 is 5.32 Å². The first-order valence-electron chi connectivity index (χ1n) is 2.62. The Labute approximate surface area is 44.5 Å². The molecule has 0 unspecified atom stereocenters. The van der Waals surface area contributed by atoms with E-state index < -0.39 is 0 Å². The van der Waals surface area contributed by atoms with Crippen molar-refractivity contribution in [2.45, 2.75) is 20.0 Å². The Hall–Kier alpha value is -0.0800. The Bertz CT molecular complexity index is 29.6. The molecule has 0 aromatic carbocycles. The molecule has 44 valence electrons. The molecule has 2 nitrogen and oxygen atoms in total. The molecule has 2 N–H and O–H groups in total. The Kier molecular flexibility index (Phi) is 4.04. The van der Waals surface area contributed by atoms with Crippen molar-refractivity contribution in [3.8, 4) is 0 Å². The predicted octanol–water partition coefficient (Wildman–Crippen LogP) is -0.0233. The molecule has 2 heteroatoms. The van der Waals surface area contributed by atoms with E-state index in [4.69, 9.17) is 5.11 Å². The van der Waals surface area contributed by atoms with Crippen molar-refractivity contribution < 1.29 is 5.11 Å². The van der Waals surface area contributed by atoms with Gasteiger partial charge in [-0.2, -0.15) is 0 Å². The smallest absolute Gasteiger partial charge is 0.0483 e. The van der Waals surface area contributed by atoms with Gasteiger partial charge in [-0.15, -0.1) is 0 Å². The van der Waals surface area contributed by atoms with Gasteiger partial charge in [-0.3, -0.25) is 0 Å². The molecule has 0 bridgehead atoms. The van der Waals surface area contributed by atoms with Crippen LogP contribution >= 0.6 is 0 Å². The van der Waals surface area contributed by atoms with E-state index in [2.05, 4.69) is 5.32 Å². The van der Waals surface area contributed by atoms with Crippen LogP contribution in [0.5, 0.6) is 0 Å². The minimum absolute atomic E-state index is 0.167. The molecule has 1 saturated heterocycles. The van der Waals surface area contributed by atoms with Crippen LogP contribution in [0.25, 0.3) is 0 Å². The summed E-state index contributed by atoms with van der Waals surface area (Å²) in [5, 5.41) is 11.1. The molecule has 1 heterocycles. The van der Waals surface area contributed by atoms with Crippen LogP contribution in [-0.4, -0.2) is 24.3 Å². The highest BCUT2D eigenvalue weighted by molar-refractivity contribution is 4.58. The summed E-state index contributed by atoms with van der Waals surface area (Å²) in [5.41, 5.74) is 0. The highest BCUT2D eigenvalue weighted by atomic mass is 16.3. The minimum Gasteiger partial charge on any atom is -0.394 e. The number of rotatable bonds is 0. The molecule has 0 radical (unpaired) electrons. The number of hydrogen-bond acceptors (Lipinski definition) is 2. The number of aliphatic hydroxyl groups excluding tert-OH is 1. The van der Waals surface area contributed by atoms with Crippen LogP contribution in [-0.2, 0) is 0 Å². The fraction of sp³-hybridized carbons (Fsp3) is 1.00. The fourth-order valence-corrected chi connectivity index (χ4v) is 0. The third-order valence-corrected chi connectivity index (χ3v) is 0.250.